The molecule has 1 heterocycles. The summed E-state index contributed by atoms with van der Waals surface area (Å²) in [5, 5.41) is 9.00. The van der Waals surface area contributed by atoms with Crippen molar-refractivity contribution in [3.05, 3.63) is 42.0 Å². The molecule has 1 aromatic carbocycles. The lowest BCUT2D eigenvalue weighted by molar-refractivity contribution is 0.245. The second-order valence-corrected chi connectivity index (χ2v) is 8.85. The van der Waals surface area contributed by atoms with Crippen LogP contribution in [0.4, 0.5) is 5.69 Å². The van der Waals surface area contributed by atoms with Gasteiger partial charge in [-0.15, -0.1) is 0 Å². The van der Waals surface area contributed by atoms with Crippen molar-refractivity contribution in [1.82, 2.24) is 0 Å². The van der Waals surface area contributed by atoms with E-state index in [1.807, 2.05) is 0 Å². The predicted octanol–water partition coefficient (Wildman–Crippen LogP) is 4.62. The largest absolute Gasteiger partial charge is 0.450 e. The van der Waals surface area contributed by atoms with Crippen molar-refractivity contribution in [3.63, 3.8) is 0 Å². The van der Waals surface area contributed by atoms with Gasteiger partial charge in [-0.05, 0) is 59.9 Å². The number of aliphatic hydroxyl groups excluding tert-OH is 1. The van der Waals surface area contributed by atoms with E-state index in [2.05, 4.69) is 68.4 Å². The van der Waals surface area contributed by atoms with Gasteiger partial charge in [0.25, 0.3) is 10.0 Å². The summed E-state index contributed by atoms with van der Waals surface area (Å²) in [4.78, 5) is -0.0896. The molecule has 0 radical (unpaired) electrons. The maximum atomic E-state index is 12.4. The maximum Gasteiger partial charge on any atom is 0.266 e. The molecule has 0 fully saturated rings. The van der Waals surface area contributed by atoms with Crippen molar-refractivity contribution in [1.29, 1.82) is 0 Å². The van der Waals surface area contributed by atoms with E-state index in [1.54, 1.807) is 12.1 Å². The average molecular weight is 569 g/mol. The minimum absolute atomic E-state index is 0.0309. The lowest BCUT2D eigenvalue weighted by atomic mass is 10.3. The number of furan rings is 1. The molecule has 10 heteroatoms. The number of hydrogen-bond acceptors (Lipinski definition) is 4. The summed E-state index contributed by atoms with van der Waals surface area (Å²) in [6.45, 7) is -0.389. The van der Waals surface area contributed by atoms with Crippen LogP contribution in [0.25, 0.3) is 0 Å². The lowest BCUT2D eigenvalue weighted by Crippen LogP contribution is -2.13. The first-order valence-corrected chi connectivity index (χ1v) is 9.96. The van der Waals surface area contributed by atoms with Crippen LogP contribution in [-0.4, -0.2) is 13.5 Å². The molecule has 2 N–H and O–H groups in total. The fourth-order valence-electron chi connectivity index (χ4n) is 1.49. The molecule has 0 amide bonds. The molecule has 0 bridgehead atoms. The van der Waals surface area contributed by atoms with Crippen LogP contribution >= 0.6 is 63.7 Å². The molecular formula is C11H7Br4NO4S. The molecule has 0 aliphatic heterocycles. The highest BCUT2D eigenvalue weighted by Gasteiger charge is 2.24. The fourth-order valence-corrected chi connectivity index (χ4v) is 6.31. The summed E-state index contributed by atoms with van der Waals surface area (Å²) in [6.07, 6.45) is 0. The van der Waals surface area contributed by atoms with Gasteiger partial charge < -0.3 is 9.52 Å². The van der Waals surface area contributed by atoms with E-state index in [1.165, 1.54) is 6.07 Å². The monoisotopic (exact) mass is 565 g/mol. The van der Waals surface area contributed by atoms with Crippen molar-refractivity contribution in [2.75, 3.05) is 4.72 Å². The van der Waals surface area contributed by atoms with E-state index in [-0.39, 0.29) is 21.9 Å². The third-order valence-electron chi connectivity index (χ3n) is 2.40. The van der Waals surface area contributed by atoms with Gasteiger partial charge in [0, 0.05) is 19.5 Å². The Balaban J connectivity index is 2.44. The number of benzene rings is 1. The number of halogens is 4. The zero-order chi connectivity index (χ0) is 15.8. The summed E-state index contributed by atoms with van der Waals surface area (Å²) in [7, 11) is -3.87. The summed E-state index contributed by atoms with van der Waals surface area (Å²) >= 11 is 12.9. The molecule has 1 aromatic heterocycles. The Morgan fingerprint density at radius 3 is 2.14 bits per heavy atom. The van der Waals surface area contributed by atoms with Crippen LogP contribution in [0.1, 0.15) is 5.76 Å². The summed E-state index contributed by atoms with van der Waals surface area (Å²) in [5.74, 6) is 0.149. The number of anilines is 1. The van der Waals surface area contributed by atoms with Crippen molar-refractivity contribution in [2.45, 2.75) is 11.5 Å². The highest BCUT2D eigenvalue weighted by Crippen LogP contribution is 2.37. The van der Waals surface area contributed by atoms with Gasteiger partial charge in [-0.2, -0.15) is 0 Å². The number of hydrogen-bond donors (Lipinski definition) is 2. The fraction of sp³-hybridized carbons (Fsp3) is 0.0909. The van der Waals surface area contributed by atoms with Crippen LogP contribution in [0.15, 0.2) is 45.6 Å². The first-order valence-electron chi connectivity index (χ1n) is 5.31. The molecule has 0 saturated heterocycles. The van der Waals surface area contributed by atoms with Gasteiger partial charge in [0.05, 0.1) is 5.69 Å². The van der Waals surface area contributed by atoms with E-state index in [9.17, 15) is 8.42 Å². The zero-order valence-electron chi connectivity index (χ0n) is 10.0. The maximum absolute atomic E-state index is 12.4. The molecule has 0 saturated carbocycles. The summed E-state index contributed by atoms with van der Waals surface area (Å²) in [5.41, 5.74) is 0.358. The van der Waals surface area contributed by atoms with E-state index in [0.717, 1.165) is 4.47 Å². The standard InChI is InChI=1S/C11H7Br4NO4S/c12-5-1-7(13)10(8(14)2-5)16-21(18,19)9-3-6(4-17)20-11(9)15/h1-3,16-17H,4H2. The molecular weight excluding hydrogens is 562 g/mol. The summed E-state index contributed by atoms with van der Waals surface area (Å²) < 4.78 is 34.3. The van der Waals surface area contributed by atoms with E-state index >= 15 is 0 Å². The number of rotatable bonds is 4. The van der Waals surface area contributed by atoms with Gasteiger partial charge in [0.1, 0.15) is 17.3 Å². The van der Waals surface area contributed by atoms with Crippen LogP contribution in [0.5, 0.6) is 0 Å². The quantitative estimate of drug-likeness (QED) is 0.564. The van der Waals surface area contributed by atoms with Gasteiger partial charge in [-0.25, -0.2) is 8.42 Å². The van der Waals surface area contributed by atoms with E-state index < -0.39 is 10.0 Å². The van der Waals surface area contributed by atoms with Gasteiger partial charge in [0.15, 0.2) is 4.67 Å². The number of nitrogens with one attached hydrogen (secondary N) is 1. The molecule has 0 aliphatic carbocycles. The minimum atomic E-state index is -3.87. The van der Waals surface area contributed by atoms with Gasteiger partial charge in [-0.3, -0.25) is 4.72 Å². The molecule has 21 heavy (non-hydrogen) atoms. The van der Waals surface area contributed by atoms with Crippen molar-refractivity contribution in [3.8, 4) is 0 Å². The molecule has 114 valence electrons. The Bertz CT molecular complexity index is 765. The third kappa shape index (κ3) is 3.91. The highest BCUT2D eigenvalue weighted by atomic mass is 79.9. The molecule has 5 nitrogen and oxygen atoms in total. The number of aliphatic hydroxyl groups is 1. The van der Waals surface area contributed by atoms with Crippen LogP contribution < -0.4 is 4.72 Å². The van der Waals surface area contributed by atoms with Crippen LogP contribution in [0, 0.1) is 0 Å². The second kappa shape index (κ2) is 6.71. The minimum Gasteiger partial charge on any atom is -0.450 e. The van der Waals surface area contributed by atoms with Gasteiger partial charge in [-0.1, -0.05) is 15.9 Å². The first-order chi connectivity index (χ1) is 9.74. The first kappa shape index (κ1) is 17.5. The van der Waals surface area contributed by atoms with Gasteiger partial charge >= 0.3 is 0 Å². The Hall–Kier alpha value is 0.130. The topological polar surface area (TPSA) is 79.5 Å². The van der Waals surface area contributed by atoms with Crippen molar-refractivity contribution >= 4 is 79.4 Å². The Labute approximate surface area is 154 Å². The molecule has 0 spiro atoms. The molecule has 0 unspecified atom stereocenters. The van der Waals surface area contributed by atoms with Crippen molar-refractivity contribution in [2.24, 2.45) is 0 Å². The molecule has 2 rings (SSSR count). The highest BCUT2D eigenvalue weighted by molar-refractivity contribution is 9.11. The molecule has 2 aromatic rings. The average Bonchev–Trinajstić information content (AvgIpc) is 2.76. The second-order valence-electron chi connectivity index (χ2n) is 3.86. The zero-order valence-corrected chi connectivity index (χ0v) is 17.2. The Kier molecular flexibility index (Phi) is 5.59. The normalized spacial score (nSPS) is 11.7. The van der Waals surface area contributed by atoms with Crippen molar-refractivity contribution < 1.29 is 17.9 Å². The number of sulfonamides is 1. The van der Waals surface area contributed by atoms with Crippen LogP contribution in [0.2, 0.25) is 0 Å². The van der Waals surface area contributed by atoms with Crippen LogP contribution in [0.3, 0.4) is 0 Å². The summed E-state index contributed by atoms with van der Waals surface area (Å²) in [6, 6.07) is 4.69. The van der Waals surface area contributed by atoms with Gasteiger partial charge in [0.2, 0.25) is 0 Å². The van der Waals surface area contributed by atoms with E-state index in [0.29, 0.717) is 14.6 Å². The Morgan fingerprint density at radius 2 is 1.67 bits per heavy atom. The smallest absolute Gasteiger partial charge is 0.266 e. The lowest BCUT2D eigenvalue weighted by Gasteiger charge is -2.11. The van der Waals surface area contributed by atoms with Crippen LogP contribution in [-0.2, 0) is 16.6 Å². The molecule has 0 aliphatic rings. The predicted molar refractivity (Wildman–Crippen MR) is 92.7 cm³/mol. The van der Waals surface area contributed by atoms with E-state index in [4.69, 9.17) is 9.52 Å². The Morgan fingerprint density at radius 1 is 1.10 bits per heavy atom. The SMILES string of the molecule is O=S(=O)(Nc1c(Br)cc(Br)cc1Br)c1cc(CO)oc1Br. The third-order valence-corrected chi connectivity index (χ3v) is 6.31. The molecule has 0 atom stereocenters.